The van der Waals surface area contributed by atoms with Gasteiger partial charge in [0.2, 0.25) is 11.8 Å². The van der Waals surface area contributed by atoms with Crippen LogP contribution in [0.1, 0.15) is 53.1 Å². The number of benzene rings is 1. The van der Waals surface area contributed by atoms with Crippen molar-refractivity contribution in [2.24, 2.45) is 5.73 Å². The smallest absolute Gasteiger partial charge is 0.271 e. The number of hydrogen-bond acceptors (Lipinski definition) is 7. The van der Waals surface area contributed by atoms with Crippen LogP contribution in [0.3, 0.4) is 0 Å². The fraction of sp³-hybridized carbons (Fsp3) is 0.444. The molecule has 1 aromatic heterocycles. The predicted molar refractivity (Wildman–Crippen MR) is 144 cm³/mol. The molecule has 1 unspecified atom stereocenters. The minimum atomic E-state index is -0.634. The van der Waals surface area contributed by atoms with Gasteiger partial charge in [0.25, 0.3) is 5.91 Å². The molecule has 1 fully saturated rings. The van der Waals surface area contributed by atoms with Crippen molar-refractivity contribution in [1.29, 1.82) is 0 Å². The minimum absolute atomic E-state index is 0.115. The molecular formula is C27H37N7O3. The Morgan fingerprint density at radius 1 is 1.19 bits per heavy atom. The number of hydrogen-bond donors (Lipinski definition) is 3. The second kappa shape index (κ2) is 12.4. The molecule has 0 saturated heterocycles. The molecule has 1 heterocycles. The summed E-state index contributed by atoms with van der Waals surface area (Å²) in [6.45, 7) is 4.61. The number of amides is 3. The highest BCUT2D eigenvalue weighted by Crippen LogP contribution is 2.41. The van der Waals surface area contributed by atoms with Gasteiger partial charge in [-0.25, -0.2) is 9.97 Å². The minimum Gasteiger partial charge on any atom is -0.364 e. The van der Waals surface area contributed by atoms with Gasteiger partial charge in [-0.15, -0.1) is 0 Å². The van der Waals surface area contributed by atoms with Crippen molar-refractivity contribution in [3.63, 3.8) is 0 Å². The van der Waals surface area contributed by atoms with E-state index in [1.165, 1.54) is 11.0 Å². The predicted octanol–water partition coefficient (Wildman–Crippen LogP) is 2.13. The molecule has 0 aliphatic heterocycles. The SMILES string of the molecule is Cc1nc(C(N)=O)c(Nc2cccc(CCNC(=O)C(C)N(C)C(=O)C=CCN(C)C)c2)nc1C1CC1. The zero-order chi connectivity index (χ0) is 27.1. The van der Waals surface area contributed by atoms with Crippen molar-refractivity contribution in [2.75, 3.05) is 39.5 Å². The molecule has 0 spiro atoms. The summed E-state index contributed by atoms with van der Waals surface area (Å²) in [5.74, 6) is -0.338. The first kappa shape index (κ1) is 27.8. The normalized spacial score (nSPS) is 14.0. The van der Waals surface area contributed by atoms with Crippen LogP contribution in [0, 0.1) is 6.92 Å². The number of rotatable bonds is 12. The van der Waals surface area contributed by atoms with Crippen LogP contribution in [0.25, 0.3) is 0 Å². The zero-order valence-electron chi connectivity index (χ0n) is 22.2. The molecule has 4 N–H and O–H groups in total. The standard InChI is InChI=1S/C27H37N7O3/c1-17-23(20-11-12-20)32-26(24(30-17)25(28)36)31-21-9-6-8-19(16-21)13-14-29-27(37)18(2)34(5)22(35)10-7-15-33(3)4/h6-10,16,18,20H,11-15H2,1-5H3,(H2,28,36)(H,29,37)(H,31,32). The van der Waals surface area contributed by atoms with Crippen molar-refractivity contribution >= 4 is 29.2 Å². The van der Waals surface area contributed by atoms with Gasteiger partial charge < -0.3 is 26.2 Å². The molecule has 3 amide bonds. The molecule has 37 heavy (non-hydrogen) atoms. The molecule has 1 atom stereocenters. The third-order valence-corrected chi connectivity index (χ3v) is 6.25. The van der Waals surface area contributed by atoms with Gasteiger partial charge in [0.05, 0.1) is 11.4 Å². The number of carbonyl (C=O) groups is 3. The summed E-state index contributed by atoms with van der Waals surface area (Å²) in [6, 6.07) is 7.05. The largest absolute Gasteiger partial charge is 0.364 e. The molecule has 1 aliphatic carbocycles. The molecular weight excluding hydrogens is 470 g/mol. The summed E-state index contributed by atoms with van der Waals surface area (Å²) in [4.78, 5) is 49.3. The lowest BCUT2D eigenvalue weighted by Gasteiger charge is -2.23. The molecule has 198 valence electrons. The molecule has 0 bridgehead atoms. The first-order chi connectivity index (χ1) is 17.6. The number of nitrogens with one attached hydrogen (secondary N) is 2. The van der Waals surface area contributed by atoms with E-state index in [2.05, 4.69) is 20.6 Å². The van der Waals surface area contributed by atoms with Crippen LogP contribution in [-0.4, -0.2) is 77.8 Å². The Morgan fingerprint density at radius 3 is 2.57 bits per heavy atom. The third-order valence-electron chi connectivity index (χ3n) is 6.25. The maximum absolute atomic E-state index is 12.6. The van der Waals surface area contributed by atoms with Crippen molar-refractivity contribution in [1.82, 2.24) is 25.1 Å². The molecule has 10 nitrogen and oxygen atoms in total. The van der Waals surface area contributed by atoms with Crippen LogP contribution in [0.5, 0.6) is 0 Å². The second-order valence-corrected chi connectivity index (χ2v) is 9.69. The Morgan fingerprint density at radius 2 is 1.92 bits per heavy atom. The topological polar surface area (TPSA) is 134 Å². The number of aryl methyl sites for hydroxylation is 1. The quantitative estimate of drug-likeness (QED) is 0.375. The van der Waals surface area contributed by atoms with E-state index in [0.29, 0.717) is 31.2 Å². The number of anilines is 2. The second-order valence-electron chi connectivity index (χ2n) is 9.69. The molecule has 1 aliphatic rings. The van der Waals surface area contributed by atoms with Gasteiger partial charge in [-0.1, -0.05) is 18.2 Å². The number of carbonyl (C=O) groups excluding carboxylic acids is 3. The van der Waals surface area contributed by atoms with Crippen LogP contribution in [0.4, 0.5) is 11.5 Å². The Labute approximate surface area is 218 Å². The average molecular weight is 508 g/mol. The lowest BCUT2D eigenvalue weighted by molar-refractivity contribution is -0.135. The van der Waals surface area contributed by atoms with Gasteiger partial charge in [-0.2, -0.15) is 0 Å². The highest BCUT2D eigenvalue weighted by Gasteiger charge is 2.29. The maximum Gasteiger partial charge on any atom is 0.271 e. The summed E-state index contributed by atoms with van der Waals surface area (Å²) >= 11 is 0. The summed E-state index contributed by atoms with van der Waals surface area (Å²) < 4.78 is 0. The van der Waals surface area contributed by atoms with E-state index in [1.807, 2.05) is 50.2 Å². The van der Waals surface area contributed by atoms with Gasteiger partial charge in [0, 0.05) is 37.8 Å². The fourth-order valence-electron chi connectivity index (χ4n) is 3.80. The van der Waals surface area contributed by atoms with Gasteiger partial charge in [0.1, 0.15) is 6.04 Å². The highest BCUT2D eigenvalue weighted by atomic mass is 16.2. The molecule has 2 aromatic rings. The van der Waals surface area contributed by atoms with E-state index < -0.39 is 11.9 Å². The van der Waals surface area contributed by atoms with E-state index in [0.717, 1.165) is 35.5 Å². The van der Waals surface area contributed by atoms with Crippen LogP contribution < -0.4 is 16.4 Å². The Hall–Kier alpha value is -3.79. The average Bonchev–Trinajstić information content (AvgIpc) is 3.69. The van der Waals surface area contributed by atoms with Crippen LogP contribution in [-0.2, 0) is 16.0 Å². The Kier molecular flexibility index (Phi) is 9.35. The first-order valence-electron chi connectivity index (χ1n) is 12.5. The number of primary amides is 1. The van der Waals surface area contributed by atoms with E-state index in [-0.39, 0.29) is 17.5 Å². The van der Waals surface area contributed by atoms with Crippen LogP contribution in [0.2, 0.25) is 0 Å². The van der Waals surface area contributed by atoms with E-state index in [9.17, 15) is 14.4 Å². The third kappa shape index (κ3) is 7.85. The van der Waals surface area contributed by atoms with Gasteiger partial charge >= 0.3 is 0 Å². The zero-order valence-corrected chi connectivity index (χ0v) is 22.2. The van der Waals surface area contributed by atoms with E-state index in [4.69, 9.17) is 5.73 Å². The molecule has 3 rings (SSSR count). The summed E-state index contributed by atoms with van der Waals surface area (Å²) in [5, 5.41) is 6.10. The summed E-state index contributed by atoms with van der Waals surface area (Å²) in [6.07, 6.45) is 5.98. The van der Waals surface area contributed by atoms with E-state index >= 15 is 0 Å². The molecule has 1 aromatic carbocycles. The van der Waals surface area contributed by atoms with Gasteiger partial charge in [-0.3, -0.25) is 14.4 Å². The van der Waals surface area contributed by atoms with Crippen molar-refractivity contribution in [3.8, 4) is 0 Å². The number of aromatic nitrogens is 2. The number of likely N-dealkylation sites (N-methyl/N-ethyl adjacent to an activating group) is 2. The lowest BCUT2D eigenvalue weighted by atomic mass is 10.1. The number of nitrogens with two attached hydrogens (primary N) is 1. The maximum atomic E-state index is 12.6. The molecule has 1 saturated carbocycles. The van der Waals surface area contributed by atoms with Crippen LogP contribution >= 0.6 is 0 Å². The highest BCUT2D eigenvalue weighted by molar-refractivity contribution is 5.96. The Balaban J connectivity index is 1.58. The lowest BCUT2D eigenvalue weighted by Crippen LogP contribution is -2.45. The van der Waals surface area contributed by atoms with Gasteiger partial charge in [-0.05, 0) is 64.9 Å². The first-order valence-corrected chi connectivity index (χ1v) is 12.5. The van der Waals surface area contributed by atoms with Crippen LogP contribution in [0.15, 0.2) is 36.4 Å². The summed E-state index contributed by atoms with van der Waals surface area (Å²) in [5.41, 5.74) is 9.03. The molecule has 10 heteroatoms. The summed E-state index contributed by atoms with van der Waals surface area (Å²) in [7, 11) is 5.45. The van der Waals surface area contributed by atoms with Crippen molar-refractivity contribution in [2.45, 2.75) is 45.1 Å². The van der Waals surface area contributed by atoms with Crippen molar-refractivity contribution in [3.05, 3.63) is 59.1 Å². The van der Waals surface area contributed by atoms with E-state index in [1.54, 1.807) is 20.0 Å². The monoisotopic (exact) mass is 507 g/mol. The Bertz CT molecular complexity index is 1170. The van der Waals surface area contributed by atoms with Crippen molar-refractivity contribution < 1.29 is 14.4 Å². The fourth-order valence-corrected chi connectivity index (χ4v) is 3.80. The number of nitrogens with zero attached hydrogens (tertiary/aromatic N) is 4. The van der Waals surface area contributed by atoms with Gasteiger partial charge in [0.15, 0.2) is 11.5 Å². The molecule has 0 radical (unpaired) electrons.